The second-order valence-electron chi connectivity index (χ2n) is 4.91. The van der Waals surface area contributed by atoms with Crippen LogP contribution < -0.4 is 5.32 Å². The number of methoxy groups -OCH3 is 1. The molecule has 1 aliphatic carbocycles. The van der Waals surface area contributed by atoms with Gasteiger partial charge in [0.1, 0.15) is 24.2 Å². The van der Waals surface area contributed by atoms with Crippen LogP contribution in [-0.2, 0) is 24.2 Å². The Morgan fingerprint density at radius 1 is 1.42 bits per heavy atom. The summed E-state index contributed by atoms with van der Waals surface area (Å²) in [5.74, 6) is 1.84. The quantitative estimate of drug-likeness (QED) is 0.910. The molecule has 102 valence electrons. The van der Waals surface area contributed by atoms with E-state index in [0.717, 1.165) is 11.5 Å². The smallest absolute Gasteiger partial charge is 0.129 e. The van der Waals surface area contributed by atoms with Crippen LogP contribution in [0, 0.1) is 0 Å². The van der Waals surface area contributed by atoms with Crippen molar-refractivity contribution < 1.29 is 9.15 Å². The van der Waals surface area contributed by atoms with Crippen LogP contribution in [0.4, 0.5) is 0 Å². The number of nitrogens with one attached hydrogen (secondary N) is 1. The molecule has 2 aromatic heterocycles. The van der Waals surface area contributed by atoms with Gasteiger partial charge in [-0.15, -0.1) is 11.3 Å². The summed E-state index contributed by atoms with van der Waals surface area (Å²) in [5, 5.41) is 3.35. The first-order valence-corrected chi connectivity index (χ1v) is 7.49. The molecule has 1 atom stereocenters. The Hall–Kier alpha value is -1.10. The van der Waals surface area contributed by atoms with Gasteiger partial charge in [-0.1, -0.05) is 0 Å². The van der Waals surface area contributed by atoms with Gasteiger partial charge in [0.25, 0.3) is 0 Å². The Bertz CT molecular complexity index is 537. The molecule has 1 aliphatic rings. The highest BCUT2D eigenvalue weighted by Gasteiger charge is 2.22. The van der Waals surface area contributed by atoms with Crippen LogP contribution in [-0.4, -0.2) is 14.2 Å². The second-order valence-corrected chi connectivity index (χ2v) is 6.08. The summed E-state index contributed by atoms with van der Waals surface area (Å²) in [6.45, 7) is 0.525. The lowest BCUT2D eigenvalue weighted by Crippen LogP contribution is -2.15. The maximum atomic E-state index is 5.85. The SMILES string of the molecule is CNC(c1ccc(COC)o1)c1cc2c(s1)CCC2. The van der Waals surface area contributed by atoms with E-state index in [1.54, 1.807) is 12.0 Å². The Kier molecular flexibility index (Phi) is 3.73. The fraction of sp³-hybridized carbons (Fsp3) is 0.467. The number of thiophene rings is 1. The van der Waals surface area contributed by atoms with Crippen molar-refractivity contribution >= 4 is 11.3 Å². The van der Waals surface area contributed by atoms with Crippen LogP contribution in [0.2, 0.25) is 0 Å². The molecule has 0 amide bonds. The highest BCUT2D eigenvalue weighted by atomic mass is 32.1. The van der Waals surface area contributed by atoms with Gasteiger partial charge in [-0.05, 0) is 50.1 Å². The number of aryl methyl sites for hydroxylation is 2. The van der Waals surface area contributed by atoms with E-state index in [1.165, 1.54) is 29.7 Å². The summed E-state index contributed by atoms with van der Waals surface area (Å²) in [4.78, 5) is 2.91. The van der Waals surface area contributed by atoms with Gasteiger partial charge < -0.3 is 14.5 Å². The summed E-state index contributed by atoms with van der Waals surface area (Å²) in [5.41, 5.74) is 1.53. The third-order valence-electron chi connectivity index (χ3n) is 3.59. The fourth-order valence-corrected chi connectivity index (χ4v) is 4.06. The van der Waals surface area contributed by atoms with Crippen molar-refractivity contribution in [1.29, 1.82) is 0 Å². The third kappa shape index (κ3) is 2.48. The molecule has 4 heteroatoms. The number of ether oxygens (including phenoxy) is 1. The Balaban J connectivity index is 1.86. The lowest BCUT2D eigenvalue weighted by molar-refractivity contribution is 0.162. The molecule has 0 spiro atoms. The van der Waals surface area contributed by atoms with Gasteiger partial charge in [-0.2, -0.15) is 0 Å². The van der Waals surface area contributed by atoms with E-state index in [1.807, 2.05) is 30.5 Å². The average Bonchev–Trinajstić information content (AvgIpc) is 3.06. The number of furan rings is 1. The maximum absolute atomic E-state index is 5.85. The second kappa shape index (κ2) is 5.49. The highest BCUT2D eigenvalue weighted by molar-refractivity contribution is 7.12. The van der Waals surface area contributed by atoms with Crippen LogP contribution in [0.15, 0.2) is 22.6 Å². The predicted molar refractivity (Wildman–Crippen MR) is 76.7 cm³/mol. The van der Waals surface area contributed by atoms with Gasteiger partial charge in [-0.25, -0.2) is 0 Å². The Morgan fingerprint density at radius 2 is 2.32 bits per heavy atom. The normalized spacial score (nSPS) is 15.7. The van der Waals surface area contributed by atoms with Gasteiger partial charge in [0.15, 0.2) is 0 Å². The minimum Gasteiger partial charge on any atom is -0.462 e. The summed E-state index contributed by atoms with van der Waals surface area (Å²) >= 11 is 1.92. The van der Waals surface area contributed by atoms with Crippen LogP contribution >= 0.6 is 11.3 Å². The van der Waals surface area contributed by atoms with Crippen LogP contribution in [0.3, 0.4) is 0 Å². The minimum atomic E-state index is 0.154. The van der Waals surface area contributed by atoms with Gasteiger partial charge >= 0.3 is 0 Å². The number of rotatable bonds is 5. The van der Waals surface area contributed by atoms with E-state index in [9.17, 15) is 0 Å². The van der Waals surface area contributed by atoms with Crippen molar-refractivity contribution in [3.05, 3.63) is 45.0 Å². The van der Waals surface area contributed by atoms with Crippen molar-refractivity contribution in [2.45, 2.75) is 31.9 Å². The largest absolute Gasteiger partial charge is 0.462 e. The molecule has 0 aromatic carbocycles. The molecule has 2 aromatic rings. The summed E-state index contributed by atoms with van der Waals surface area (Å²) in [7, 11) is 3.66. The molecule has 3 nitrogen and oxygen atoms in total. The van der Waals surface area contributed by atoms with E-state index in [2.05, 4.69) is 11.4 Å². The standard InChI is InChI=1S/C15H19NO2S/c1-16-15(12-7-6-11(18-12)9-17-2)14-8-10-4-3-5-13(10)19-14/h6-8,15-16H,3-5,9H2,1-2H3. The molecular formula is C15H19NO2S. The topological polar surface area (TPSA) is 34.4 Å². The molecule has 1 N–H and O–H groups in total. The molecule has 0 saturated carbocycles. The highest BCUT2D eigenvalue weighted by Crippen LogP contribution is 2.36. The molecule has 2 heterocycles. The Morgan fingerprint density at radius 3 is 3.05 bits per heavy atom. The number of hydrogen-bond donors (Lipinski definition) is 1. The third-order valence-corrected chi connectivity index (χ3v) is 4.89. The Labute approximate surface area is 117 Å². The fourth-order valence-electron chi connectivity index (χ4n) is 2.69. The van der Waals surface area contributed by atoms with Crippen LogP contribution in [0.1, 0.15) is 39.3 Å². The van der Waals surface area contributed by atoms with E-state index >= 15 is 0 Å². The molecule has 0 fully saturated rings. The monoisotopic (exact) mass is 277 g/mol. The van der Waals surface area contributed by atoms with Crippen molar-refractivity contribution in [3.8, 4) is 0 Å². The first kappa shape index (κ1) is 12.9. The molecule has 19 heavy (non-hydrogen) atoms. The van der Waals surface area contributed by atoms with Gasteiger partial charge in [0, 0.05) is 16.9 Å². The first-order chi connectivity index (χ1) is 9.31. The molecule has 0 radical (unpaired) electrons. The zero-order chi connectivity index (χ0) is 13.2. The minimum absolute atomic E-state index is 0.154. The van der Waals surface area contributed by atoms with E-state index < -0.39 is 0 Å². The maximum Gasteiger partial charge on any atom is 0.129 e. The molecule has 3 rings (SSSR count). The molecule has 0 aliphatic heterocycles. The van der Waals surface area contributed by atoms with Gasteiger partial charge in [0.05, 0.1) is 0 Å². The molecular weight excluding hydrogens is 258 g/mol. The zero-order valence-electron chi connectivity index (χ0n) is 11.4. The van der Waals surface area contributed by atoms with Crippen molar-refractivity contribution in [2.24, 2.45) is 0 Å². The van der Waals surface area contributed by atoms with Crippen molar-refractivity contribution in [3.63, 3.8) is 0 Å². The average molecular weight is 277 g/mol. The van der Waals surface area contributed by atoms with Crippen molar-refractivity contribution in [1.82, 2.24) is 5.32 Å². The van der Waals surface area contributed by atoms with E-state index in [0.29, 0.717) is 6.61 Å². The van der Waals surface area contributed by atoms with Gasteiger partial charge in [-0.3, -0.25) is 0 Å². The lowest BCUT2D eigenvalue weighted by atomic mass is 10.1. The summed E-state index contributed by atoms with van der Waals surface area (Å²) < 4.78 is 10.9. The van der Waals surface area contributed by atoms with Gasteiger partial charge in [0.2, 0.25) is 0 Å². The lowest BCUT2D eigenvalue weighted by Gasteiger charge is -2.11. The number of fused-ring (bicyclic) bond motifs is 1. The van der Waals surface area contributed by atoms with E-state index in [4.69, 9.17) is 9.15 Å². The molecule has 1 unspecified atom stereocenters. The van der Waals surface area contributed by atoms with Crippen LogP contribution in [0.5, 0.6) is 0 Å². The molecule has 0 saturated heterocycles. The number of hydrogen-bond acceptors (Lipinski definition) is 4. The zero-order valence-corrected chi connectivity index (χ0v) is 12.2. The predicted octanol–water partition coefficient (Wildman–Crippen LogP) is 3.29. The molecule has 0 bridgehead atoms. The first-order valence-electron chi connectivity index (χ1n) is 6.68. The summed E-state index contributed by atoms with van der Waals surface area (Å²) in [6.07, 6.45) is 3.78. The van der Waals surface area contributed by atoms with E-state index in [-0.39, 0.29) is 6.04 Å². The van der Waals surface area contributed by atoms with Crippen LogP contribution in [0.25, 0.3) is 0 Å². The van der Waals surface area contributed by atoms with Crippen molar-refractivity contribution in [2.75, 3.05) is 14.2 Å². The summed E-state index contributed by atoms with van der Waals surface area (Å²) in [6, 6.07) is 6.53.